The molecule has 0 bridgehead atoms. The van der Waals surface area contributed by atoms with Gasteiger partial charge in [0.25, 0.3) is 0 Å². The van der Waals surface area contributed by atoms with Crippen LogP contribution >= 0.6 is 0 Å². The first-order chi connectivity index (χ1) is 11.2. The van der Waals surface area contributed by atoms with Gasteiger partial charge in [0, 0.05) is 35.2 Å². The fourth-order valence-electron chi connectivity index (χ4n) is 2.53. The molecule has 0 unspecified atom stereocenters. The Bertz CT molecular complexity index is 1000. The lowest BCUT2D eigenvalue weighted by molar-refractivity contribution is 1.13. The highest BCUT2D eigenvalue weighted by atomic mass is 15.0. The molecule has 0 saturated heterocycles. The number of aromatic amines is 1. The minimum Gasteiger partial charge on any atom is -0.397 e. The summed E-state index contributed by atoms with van der Waals surface area (Å²) >= 11 is 0. The minimum absolute atomic E-state index is 0.570. The molecular weight excluding hydrogens is 288 g/mol. The Hall–Kier alpha value is -3.28. The van der Waals surface area contributed by atoms with Crippen LogP contribution in [0.4, 0.5) is 5.69 Å². The quantitative estimate of drug-likeness (QED) is 0.593. The Morgan fingerprint density at radius 2 is 1.96 bits per heavy atom. The van der Waals surface area contributed by atoms with Crippen LogP contribution in [-0.2, 0) is 0 Å². The van der Waals surface area contributed by atoms with Crippen molar-refractivity contribution in [2.24, 2.45) is 0 Å². The predicted octanol–water partition coefficient (Wildman–Crippen LogP) is 2.97. The number of rotatable bonds is 2. The fraction of sp³-hybridized carbons (Fsp3) is 0.0588. The van der Waals surface area contributed by atoms with Crippen LogP contribution in [0.2, 0.25) is 0 Å². The normalized spacial score (nSPS) is 11.0. The molecule has 0 fully saturated rings. The maximum atomic E-state index is 5.86. The first kappa shape index (κ1) is 13.4. The molecule has 0 aromatic carbocycles. The standard InChI is InChI=1S/C17H14N6/c1-10-3-2-4-14(21-10)17-22-15(11-7-12(18)9-19-8-11)13-5-6-20-16(13)23-17/h2-9H,18H2,1H3,(H,20,22,23). The van der Waals surface area contributed by atoms with Crippen molar-refractivity contribution in [2.45, 2.75) is 6.92 Å². The van der Waals surface area contributed by atoms with Crippen LogP contribution in [0.1, 0.15) is 5.69 Å². The topological polar surface area (TPSA) is 93.4 Å². The first-order valence-corrected chi connectivity index (χ1v) is 7.21. The van der Waals surface area contributed by atoms with Gasteiger partial charge in [0.15, 0.2) is 5.82 Å². The number of nitrogens with zero attached hydrogens (tertiary/aromatic N) is 4. The molecule has 4 aromatic rings. The molecule has 3 N–H and O–H groups in total. The number of nitrogens with two attached hydrogens (primary N) is 1. The summed E-state index contributed by atoms with van der Waals surface area (Å²) in [6.07, 6.45) is 5.20. The molecule has 6 heteroatoms. The van der Waals surface area contributed by atoms with Crippen molar-refractivity contribution in [3.8, 4) is 22.8 Å². The van der Waals surface area contributed by atoms with Crippen molar-refractivity contribution >= 4 is 16.7 Å². The van der Waals surface area contributed by atoms with Crippen LogP contribution in [0.5, 0.6) is 0 Å². The van der Waals surface area contributed by atoms with Crippen molar-refractivity contribution < 1.29 is 0 Å². The van der Waals surface area contributed by atoms with Gasteiger partial charge in [-0.15, -0.1) is 0 Å². The van der Waals surface area contributed by atoms with E-state index in [9.17, 15) is 0 Å². The van der Waals surface area contributed by atoms with Gasteiger partial charge in [-0.3, -0.25) is 4.98 Å². The lowest BCUT2D eigenvalue weighted by atomic mass is 10.1. The maximum Gasteiger partial charge on any atom is 0.180 e. The largest absolute Gasteiger partial charge is 0.397 e. The summed E-state index contributed by atoms with van der Waals surface area (Å²) in [6.45, 7) is 1.94. The van der Waals surface area contributed by atoms with E-state index in [1.54, 1.807) is 12.4 Å². The van der Waals surface area contributed by atoms with Gasteiger partial charge in [-0.05, 0) is 31.2 Å². The average Bonchev–Trinajstić information content (AvgIpc) is 3.02. The molecule has 4 heterocycles. The summed E-state index contributed by atoms with van der Waals surface area (Å²) in [5, 5.41) is 0.925. The van der Waals surface area contributed by atoms with E-state index in [-0.39, 0.29) is 0 Å². The van der Waals surface area contributed by atoms with Crippen LogP contribution < -0.4 is 5.73 Å². The molecule has 0 atom stereocenters. The van der Waals surface area contributed by atoms with E-state index in [1.807, 2.05) is 43.5 Å². The molecular formula is C17H14N6. The molecule has 112 valence electrons. The van der Waals surface area contributed by atoms with E-state index in [0.29, 0.717) is 11.5 Å². The zero-order valence-electron chi connectivity index (χ0n) is 12.5. The molecule has 0 aliphatic carbocycles. The lowest BCUT2D eigenvalue weighted by Gasteiger charge is -2.07. The number of hydrogen-bond acceptors (Lipinski definition) is 5. The van der Waals surface area contributed by atoms with E-state index in [4.69, 9.17) is 10.7 Å². The van der Waals surface area contributed by atoms with Crippen LogP contribution in [0, 0.1) is 6.92 Å². The zero-order valence-corrected chi connectivity index (χ0v) is 12.5. The fourth-order valence-corrected chi connectivity index (χ4v) is 2.53. The predicted molar refractivity (Wildman–Crippen MR) is 89.5 cm³/mol. The Morgan fingerprint density at radius 3 is 2.78 bits per heavy atom. The Labute approximate surface area is 132 Å². The number of hydrogen-bond donors (Lipinski definition) is 2. The number of aryl methyl sites for hydroxylation is 1. The summed E-state index contributed by atoms with van der Waals surface area (Å²) in [6, 6.07) is 9.59. The Balaban J connectivity index is 1.98. The van der Waals surface area contributed by atoms with Gasteiger partial charge in [0.05, 0.1) is 11.4 Å². The third kappa shape index (κ3) is 2.40. The summed E-state index contributed by atoms with van der Waals surface area (Å²) < 4.78 is 0. The number of nitrogens with one attached hydrogen (secondary N) is 1. The third-order valence-corrected chi connectivity index (χ3v) is 3.57. The van der Waals surface area contributed by atoms with Crippen molar-refractivity contribution in [3.05, 3.63) is 54.6 Å². The van der Waals surface area contributed by atoms with Crippen LogP contribution in [0.15, 0.2) is 48.9 Å². The van der Waals surface area contributed by atoms with Crippen molar-refractivity contribution in [1.29, 1.82) is 0 Å². The summed E-state index contributed by atoms with van der Waals surface area (Å²) in [5.41, 5.74) is 10.5. The number of fused-ring (bicyclic) bond motifs is 1. The summed E-state index contributed by atoms with van der Waals surface area (Å²) in [5.74, 6) is 0.570. The van der Waals surface area contributed by atoms with Gasteiger partial charge in [-0.2, -0.15) is 0 Å². The minimum atomic E-state index is 0.570. The molecule has 6 nitrogen and oxygen atoms in total. The van der Waals surface area contributed by atoms with Crippen molar-refractivity contribution in [3.63, 3.8) is 0 Å². The molecule has 0 radical (unpaired) electrons. The zero-order chi connectivity index (χ0) is 15.8. The van der Waals surface area contributed by atoms with Crippen LogP contribution in [-0.4, -0.2) is 24.9 Å². The lowest BCUT2D eigenvalue weighted by Crippen LogP contribution is -1.97. The van der Waals surface area contributed by atoms with Gasteiger partial charge >= 0.3 is 0 Å². The smallest absolute Gasteiger partial charge is 0.180 e. The third-order valence-electron chi connectivity index (χ3n) is 3.57. The van der Waals surface area contributed by atoms with Gasteiger partial charge in [-0.25, -0.2) is 15.0 Å². The van der Waals surface area contributed by atoms with Crippen molar-refractivity contribution in [1.82, 2.24) is 24.9 Å². The average molecular weight is 302 g/mol. The van der Waals surface area contributed by atoms with E-state index in [0.717, 1.165) is 33.7 Å². The highest BCUT2D eigenvalue weighted by Gasteiger charge is 2.13. The summed E-state index contributed by atoms with van der Waals surface area (Å²) in [4.78, 5) is 21.1. The van der Waals surface area contributed by atoms with Gasteiger partial charge < -0.3 is 10.7 Å². The van der Waals surface area contributed by atoms with Gasteiger partial charge in [0.2, 0.25) is 0 Å². The number of anilines is 1. The number of nitrogen functional groups attached to an aromatic ring is 1. The molecule has 0 saturated carbocycles. The number of pyridine rings is 2. The molecule has 4 rings (SSSR count). The van der Waals surface area contributed by atoms with E-state index in [2.05, 4.69) is 19.9 Å². The van der Waals surface area contributed by atoms with E-state index >= 15 is 0 Å². The molecule has 23 heavy (non-hydrogen) atoms. The second kappa shape index (κ2) is 5.17. The van der Waals surface area contributed by atoms with E-state index < -0.39 is 0 Å². The SMILES string of the molecule is Cc1cccc(-c2nc(-c3cncc(N)c3)c3cc[nH]c3n2)n1. The molecule has 0 aliphatic rings. The van der Waals surface area contributed by atoms with Gasteiger partial charge in [-0.1, -0.05) is 6.07 Å². The molecule has 0 amide bonds. The molecule has 0 spiro atoms. The number of aromatic nitrogens is 5. The highest BCUT2D eigenvalue weighted by Crippen LogP contribution is 2.28. The molecule has 0 aliphatic heterocycles. The highest BCUT2D eigenvalue weighted by molar-refractivity contribution is 5.92. The van der Waals surface area contributed by atoms with E-state index in [1.165, 1.54) is 0 Å². The number of H-pyrrole nitrogens is 1. The van der Waals surface area contributed by atoms with Crippen LogP contribution in [0.25, 0.3) is 33.8 Å². The molecule has 4 aromatic heterocycles. The second-order valence-corrected chi connectivity index (χ2v) is 5.31. The Kier molecular flexibility index (Phi) is 3.01. The van der Waals surface area contributed by atoms with Crippen LogP contribution in [0.3, 0.4) is 0 Å². The first-order valence-electron chi connectivity index (χ1n) is 7.21. The second-order valence-electron chi connectivity index (χ2n) is 5.31. The maximum absolute atomic E-state index is 5.86. The summed E-state index contributed by atoms with van der Waals surface area (Å²) in [7, 11) is 0. The Morgan fingerprint density at radius 1 is 1.04 bits per heavy atom. The monoisotopic (exact) mass is 302 g/mol. The van der Waals surface area contributed by atoms with Crippen molar-refractivity contribution in [2.75, 3.05) is 5.73 Å². The van der Waals surface area contributed by atoms with Gasteiger partial charge in [0.1, 0.15) is 11.3 Å².